The Morgan fingerprint density at radius 2 is 1.79 bits per heavy atom. The molecule has 0 spiro atoms. The first-order chi connectivity index (χ1) is 11.3. The number of carbonyl (C=O) groups excluding carboxylic acids is 2. The number of hydrogen-bond donors (Lipinski definition) is 1. The number of ether oxygens (including phenoxy) is 1. The van der Waals surface area contributed by atoms with Gasteiger partial charge in [-0.05, 0) is 32.9 Å². The number of aromatic nitrogens is 1. The summed E-state index contributed by atoms with van der Waals surface area (Å²) in [5, 5.41) is 2.58. The number of halogens is 1. The van der Waals surface area contributed by atoms with E-state index < -0.39 is 11.7 Å². The van der Waals surface area contributed by atoms with Crippen molar-refractivity contribution in [1.29, 1.82) is 0 Å². The van der Waals surface area contributed by atoms with E-state index in [4.69, 9.17) is 16.3 Å². The molecule has 0 aliphatic heterocycles. The number of carbonyl (C=O) groups is 2. The standard InChI is InChI=1S/C18H19ClN2O3/c1-18(2,3)24-17(23)21-14-10-9-13(11-19)20-15(14)16(22)12-7-5-4-6-8-12/h4-10H,11H2,1-3H3,(H,21,23). The van der Waals surface area contributed by atoms with Gasteiger partial charge in [-0.25, -0.2) is 9.78 Å². The van der Waals surface area contributed by atoms with Gasteiger partial charge in [0.1, 0.15) is 11.3 Å². The van der Waals surface area contributed by atoms with E-state index in [-0.39, 0.29) is 23.0 Å². The molecule has 1 N–H and O–H groups in total. The van der Waals surface area contributed by atoms with Gasteiger partial charge in [-0.2, -0.15) is 0 Å². The maximum Gasteiger partial charge on any atom is 0.412 e. The molecule has 0 bridgehead atoms. The molecule has 2 rings (SSSR count). The summed E-state index contributed by atoms with van der Waals surface area (Å²) in [5.74, 6) is -0.129. The SMILES string of the molecule is CC(C)(C)OC(=O)Nc1ccc(CCl)nc1C(=O)c1ccccc1. The lowest BCUT2D eigenvalue weighted by Gasteiger charge is -2.20. The van der Waals surface area contributed by atoms with Crippen LogP contribution in [0.2, 0.25) is 0 Å². The minimum absolute atomic E-state index is 0.130. The largest absolute Gasteiger partial charge is 0.444 e. The molecule has 0 radical (unpaired) electrons. The van der Waals surface area contributed by atoms with Gasteiger partial charge >= 0.3 is 6.09 Å². The summed E-state index contributed by atoms with van der Waals surface area (Å²) in [6.45, 7) is 5.28. The normalized spacial score (nSPS) is 11.0. The predicted molar refractivity (Wildman–Crippen MR) is 93.5 cm³/mol. The number of ketones is 1. The fourth-order valence-corrected chi connectivity index (χ4v) is 2.14. The molecule has 1 amide bonds. The Labute approximate surface area is 146 Å². The molecule has 0 fully saturated rings. The van der Waals surface area contributed by atoms with Crippen molar-refractivity contribution < 1.29 is 14.3 Å². The number of amides is 1. The van der Waals surface area contributed by atoms with Gasteiger partial charge in [0.25, 0.3) is 0 Å². The number of nitrogens with one attached hydrogen (secondary N) is 1. The molecule has 1 aromatic heterocycles. The van der Waals surface area contributed by atoms with Gasteiger partial charge < -0.3 is 4.74 Å². The van der Waals surface area contributed by atoms with E-state index in [2.05, 4.69) is 10.3 Å². The van der Waals surface area contributed by atoms with Crippen LogP contribution in [0, 0.1) is 0 Å². The van der Waals surface area contributed by atoms with Crippen LogP contribution in [0.15, 0.2) is 42.5 Å². The van der Waals surface area contributed by atoms with Crippen LogP contribution < -0.4 is 5.32 Å². The van der Waals surface area contributed by atoms with E-state index in [1.807, 2.05) is 6.07 Å². The van der Waals surface area contributed by atoms with Crippen molar-refractivity contribution >= 4 is 29.2 Å². The lowest BCUT2D eigenvalue weighted by atomic mass is 10.1. The van der Waals surface area contributed by atoms with Gasteiger partial charge in [-0.1, -0.05) is 30.3 Å². The molecule has 0 unspecified atom stereocenters. The molecule has 0 saturated heterocycles. The highest BCUT2D eigenvalue weighted by Crippen LogP contribution is 2.20. The van der Waals surface area contributed by atoms with Gasteiger partial charge in [0.05, 0.1) is 17.3 Å². The average Bonchev–Trinajstić information content (AvgIpc) is 2.53. The molecule has 6 heteroatoms. The molecule has 0 saturated carbocycles. The summed E-state index contributed by atoms with van der Waals surface area (Å²) < 4.78 is 5.22. The number of pyridine rings is 1. The molecule has 5 nitrogen and oxygen atoms in total. The third kappa shape index (κ3) is 4.80. The van der Waals surface area contributed by atoms with E-state index in [9.17, 15) is 9.59 Å². The van der Waals surface area contributed by atoms with Crippen LogP contribution >= 0.6 is 11.6 Å². The fourth-order valence-electron chi connectivity index (χ4n) is 1.99. The van der Waals surface area contributed by atoms with Crippen LogP contribution in [0.4, 0.5) is 10.5 Å². The maximum atomic E-state index is 12.7. The van der Waals surface area contributed by atoms with Gasteiger partial charge in [0, 0.05) is 5.56 Å². The first-order valence-corrected chi connectivity index (χ1v) is 7.99. The topological polar surface area (TPSA) is 68.3 Å². The molecule has 0 atom stereocenters. The van der Waals surface area contributed by atoms with Gasteiger partial charge in [-0.15, -0.1) is 11.6 Å². The second kappa shape index (κ2) is 7.45. The Morgan fingerprint density at radius 1 is 1.12 bits per heavy atom. The zero-order valence-corrected chi connectivity index (χ0v) is 14.6. The summed E-state index contributed by atoms with van der Waals surface area (Å²) in [6.07, 6.45) is -0.648. The predicted octanol–water partition coefficient (Wildman–Crippen LogP) is 4.40. The van der Waals surface area contributed by atoms with Crippen molar-refractivity contribution in [3.05, 3.63) is 59.4 Å². The lowest BCUT2D eigenvalue weighted by molar-refractivity contribution is 0.0636. The molecule has 1 heterocycles. The van der Waals surface area contributed by atoms with Gasteiger partial charge in [0.2, 0.25) is 5.78 Å². The molecule has 0 aliphatic carbocycles. The van der Waals surface area contributed by atoms with Crippen molar-refractivity contribution in [1.82, 2.24) is 4.98 Å². The van der Waals surface area contributed by atoms with Gasteiger partial charge in [0.15, 0.2) is 0 Å². The zero-order chi connectivity index (χ0) is 17.7. The molecular weight excluding hydrogens is 328 g/mol. The summed E-state index contributed by atoms with van der Waals surface area (Å²) in [4.78, 5) is 29.0. The number of benzene rings is 1. The van der Waals surface area contributed by atoms with Crippen LogP contribution in [0.5, 0.6) is 0 Å². The number of rotatable bonds is 4. The minimum atomic E-state index is -0.648. The summed E-state index contributed by atoms with van der Waals surface area (Å²) in [6, 6.07) is 12.0. The second-order valence-electron chi connectivity index (χ2n) is 6.15. The number of alkyl halides is 1. The van der Waals surface area contributed by atoms with Crippen LogP contribution in [0.3, 0.4) is 0 Å². The molecular formula is C18H19ClN2O3. The monoisotopic (exact) mass is 346 g/mol. The van der Waals surface area contributed by atoms with Crippen molar-refractivity contribution in [2.45, 2.75) is 32.3 Å². The summed E-state index contributed by atoms with van der Waals surface area (Å²) in [7, 11) is 0. The molecule has 1 aromatic carbocycles. The first kappa shape index (κ1) is 17.9. The van der Waals surface area contributed by atoms with E-state index in [1.165, 1.54) is 0 Å². The van der Waals surface area contributed by atoms with Gasteiger partial charge in [-0.3, -0.25) is 10.1 Å². The van der Waals surface area contributed by atoms with Crippen molar-refractivity contribution in [2.75, 3.05) is 5.32 Å². The van der Waals surface area contributed by atoms with Crippen LogP contribution in [-0.4, -0.2) is 22.5 Å². The van der Waals surface area contributed by atoms with E-state index >= 15 is 0 Å². The van der Waals surface area contributed by atoms with E-state index in [0.29, 0.717) is 11.3 Å². The number of nitrogens with zero attached hydrogens (tertiary/aromatic N) is 1. The maximum absolute atomic E-state index is 12.7. The smallest absolute Gasteiger partial charge is 0.412 e. The van der Waals surface area contributed by atoms with Crippen LogP contribution in [-0.2, 0) is 10.6 Å². The molecule has 126 valence electrons. The quantitative estimate of drug-likeness (QED) is 0.658. The third-order valence-corrected chi connectivity index (χ3v) is 3.25. The fraction of sp³-hybridized carbons (Fsp3) is 0.278. The van der Waals surface area contributed by atoms with E-state index in [1.54, 1.807) is 57.2 Å². The van der Waals surface area contributed by atoms with E-state index in [0.717, 1.165) is 0 Å². The highest BCUT2D eigenvalue weighted by molar-refractivity contribution is 6.17. The van der Waals surface area contributed by atoms with Crippen molar-refractivity contribution in [2.24, 2.45) is 0 Å². The molecule has 2 aromatic rings. The summed E-state index contributed by atoms with van der Waals surface area (Å²) >= 11 is 5.81. The Hall–Kier alpha value is -2.40. The third-order valence-electron chi connectivity index (χ3n) is 2.98. The Morgan fingerprint density at radius 3 is 2.38 bits per heavy atom. The Balaban J connectivity index is 2.35. The van der Waals surface area contributed by atoms with Crippen molar-refractivity contribution in [3.63, 3.8) is 0 Å². The summed E-state index contributed by atoms with van der Waals surface area (Å²) in [5.41, 5.74) is 0.795. The minimum Gasteiger partial charge on any atom is -0.444 e. The van der Waals surface area contributed by atoms with Crippen LogP contribution in [0.25, 0.3) is 0 Å². The number of anilines is 1. The average molecular weight is 347 g/mol. The zero-order valence-electron chi connectivity index (χ0n) is 13.8. The molecule has 0 aliphatic rings. The lowest BCUT2D eigenvalue weighted by Crippen LogP contribution is -2.28. The number of hydrogen-bond acceptors (Lipinski definition) is 4. The van der Waals surface area contributed by atoms with Crippen molar-refractivity contribution in [3.8, 4) is 0 Å². The highest BCUT2D eigenvalue weighted by atomic mass is 35.5. The van der Waals surface area contributed by atoms with Crippen LogP contribution in [0.1, 0.15) is 42.5 Å². The molecule has 24 heavy (non-hydrogen) atoms. The highest BCUT2D eigenvalue weighted by Gasteiger charge is 2.21. The first-order valence-electron chi connectivity index (χ1n) is 7.46. The second-order valence-corrected chi connectivity index (χ2v) is 6.42. The Kier molecular flexibility index (Phi) is 5.57. The Bertz CT molecular complexity index is 740.